The summed E-state index contributed by atoms with van der Waals surface area (Å²) in [6, 6.07) is 14.7. The van der Waals surface area contributed by atoms with Gasteiger partial charge in [0.15, 0.2) is 0 Å². The number of rotatable bonds is 7. The van der Waals surface area contributed by atoms with Crippen molar-refractivity contribution in [1.29, 1.82) is 0 Å². The van der Waals surface area contributed by atoms with E-state index in [1.807, 2.05) is 24.3 Å². The first-order valence-electron chi connectivity index (χ1n) is 7.47. The first-order valence-corrected chi connectivity index (χ1v) is 7.47. The lowest BCUT2D eigenvalue weighted by Crippen LogP contribution is -1.85. The molecule has 110 valence electrons. The van der Waals surface area contributed by atoms with Crippen LogP contribution >= 0.6 is 0 Å². The van der Waals surface area contributed by atoms with Gasteiger partial charge in [0.25, 0.3) is 0 Å². The SMILES string of the molecule is Oc1ccc(C=CCCCCCc2ccc(O)cc2)cc1. The third kappa shape index (κ3) is 5.74. The normalized spacial score (nSPS) is 11.0. The van der Waals surface area contributed by atoms with Gasteiger partial charge in [-0.15, -0.1) is 0 Å². The summed E-state index contributed by atoms with van der Waals surface area (Å²) < 4.78 is 0. The fourth-order valence-electron chi connectivity index (χ4n) is 2.24. The van der Waals surface area contributed by atoms with Gasteiger partial charge in [-0.3, -0.25) is 0 Å². The van der Waals surface area contributed by atoms with Crippen molar-refractivity contribution < 1.29 is 10.2 Å². The van der Waals surface area contributed by atoms with Crippen LogP contribution in [-0.4, -0.2) is 10.2 Å². The van der Waals surface area contributed by atoms with Crippen molar-refractivity contribution in [3.63, 3.8) is 0 Å². The minimum absolute atomic E-state index is 0.307. The van der Waals surface area contributed by atoms with E-state index < -0.39 is 0 Å². The Morgan fingerprint density at radius 3 is 2.00 bits per heavy atom. The number of hydrogen-bond acceptors (Lipinski definition) is 2. The summed E-state index contributed by atoms with van der Waals surface area (Å²) >= 11 is 0. The number of allylic oxidation sites excluding steroid dienone is 1. The van der Waals surface area contributed by atoms with E-state index in [0.29, 0.717) is 11.5 Å². The molecule has 0 spiro atoms. The van der Waals surface area contributed by atoms with E-state index in [0.717, 1.165) is 18.4 Å². The number of hydrogen-bond donors (Lipinski definition) is 2. The molecular formula is C19H22O2. The molecular weight excluding hydrogens is 260 g/mol. The Balaban J connectivity index is 1.59. The summed E-state index contributed by atoms with van der Waals surface area (Å²) in [5.74, 6) is 0.638. The maximum atomic E-state index is 9.21. The first-order chi connectivity index (χ1) is 10.2. The molecule has 0 amide bonds. The van der Waals surface area contributed by atoms with Crippen LogP contribution < -0.4 is 0 Å². The van der Waals surface area contributed by atoms with E-state index in [4.69, 9.17) is 0 Å². The van der Waals surface area contributed by atoms with Crippen LogP contribution in [0.15, 0.2) is 54.6 Å². The van der Waals surface area contributed by atoms with Crippen molar-refractivity contribution in [1.82, 2.24) is 0 Å². The predicted molar refractivity (Wildman–Crippen MR) is 87.4 cm³/mol. The highest BCUT2D eigenvalue weighted by Gasteiger charge is 1.94. The smallest absolute Gasteiger partial charge is 0.115 e. The maximum absolute atomic E-state index is 9.21. The number of aromatic hydroxyl groups is 2. The molecule has 2 nitrogen and oxygen atoms in total. The average molecular weight is 282 g/mol. The van der Waals surface area contributed by atoms with Gasteiger partial charge in [0.2, 0.25) is 0 Å². The Hall–Kier alpha value is -2.22. The highest BCUT2D eigenvalue weighted by Crippen LogP contribution is 2.14. The number of phenolic OH excluding ortho intramolecular Hbond substituents is 2. The van der Waals surface area contributed by atoms with Gasteiger partial charge in [0.05, 0.1) is 0 Å². The van der Waals surface area contributed by atoms with Gasteiger partial charge >= 0.3 is 0 Å². The molecule has 0 atom stereocenters. The third-order valence-corrected chi connectivity index (χ3v) is 3.48. The minimum atomic E-state index is 0.307. The first kappa shape index (κ1) is 15.2. The second kappa shape index (κ2) is 8.15. The fourth-order valence-corrected chi connectivity index (χ4v) is 2.24. The zero-order chi connectivity index (χ0) is 14.9. The van der Waals surface area contributed by atoms with Gasteiger partial charge in [-0.25, -0.2) is 0 Å². The van der Waals surface area contributed by atoms with Gasteiger partial charge in [-0.2, -0.15) is 0 Å². The van der Waals surface area contributed by atoms with Crippen LogP contribution in [0.25, 0.3) is 6.08 Å². The van der Waals surface area contributed by atoms with Gasteiger partial charge < -0.3 is 10.2 Å². The van der Waals surface area contributed by atoms with E-state index in [9.17, 15) is 10.2 Å². The highest BCUT2D eigenvalue weighted by molar-refractivity contribution is 5.50. The van der Waals surface area contributed by atoms with E-state index in [1.54, 1.807) is 24.3 Å². The molecule has 0 heterocycles. The Labute approximate surface area is 126 Å². The monoisotopic (exact) mass is 282 g/mol. The van der Waals surface area contributed by atoms with E-state index in [1.165, 1.54) is 24.8 Å². The lowest BCUT2D eigenvalue weighted by Gasteiger charge is -2.01. The van der Waals surface area contributed by atoms with Crippen LogP contribution in [0.2, 0.25) is 0 Å². The average Bonchev–Trinajstić information content (AvgIpc) is 2.50. The van der Waals surface area contributed by atoms with E-state index in [2.05, 4.69) is 12.2 Å². The Bertz CT molecular complexity index is 553. The summed E-state index contributed by atoms with van der Waals surface area (Å²) in [6.07, 6.45) is 10.0. The minimum Gasteiger partial charge on any atom is -0.508 e. The van der Waals surface area contributed by atoms with Crippen LogP contribution in [0, 0.1) is 0 Å². The summed E-state index contributed by atoms with van der Waals surface area (Å²) in [5, 5.41) is 18.4. The summed E-state index contributed by atoms with van der Waals surface area (Å²) in [7, 11) is 0. The van der Waals surface area contributed by atoms with Crippen molar-refractivity contribution in [2.24, 2.45) is 0 Å². The van der Waals surface area contributed by atoms with Crippen molar-refractivity contribution in [2.75, 3.05) is 0 Å². The fraction of sp³-hybridized carbons (Fsp3) is 0.263. The molecule has 0 fully saturated rings. The number of phenols is 2. The Kier molecular flexibility index (Phi) is 5.89. The maximum Gasteiger partial charge on any atom is 0.115 e. The molecule has 21 heavy (non-hydrogen) atoms. The predicted octanol–water partition coefficient (Wildman–Crippen LogP) is 4.91. The van der Waals surface area contributed by atoms with Crippen LogP contribution in [0.4, 0.5) is 0 Å². The molecule has 2 N–H and O–H groups in total. The summed E-state index contributed by atoms with van der Waals surface area (Å²) in [5.41, 5.74) is 2.41. The molecule has 2 aromatic carbocycles. The Morgan fingerprint density at radius 2 is 1.33 bits per heavy atom. The molecule has 0 saturated heterocycles. The van der Waals surface area contributed by atoms with Crippen molar-refractivity contribution in [2.45, 2.75) is 32.1 Å². The molecule has 2 rings (SSSR count). The van der Waals surface area contributed by atoms with E-state index >= 15 is 0 Å². The molecule has 0 bridgehead atoms. The summed E-state index contributed by atoms with van der Waals surface area (Å²) in [6.45, 7) is 0. The van der Waals surface area contributed by atoms with E-state index in [-0.39, 0.29) is 0 Å². The van der Waals surface area contributed by atoms with Gasteiger partial charge in [0.1, 0.15) is 11.5 Å². The molecule has 2 heteroatoms. The lowest BCUT2D eigenvalue weighted by atomic mass is 10.1. The van der Waals surface area contributed by atoms with Gasteiger partial charge in [0, 0.05) is 0 Å². The van der Waals surface area contributed by atoms with Gasteiger partial charge in [-0.05, 0) is 61.1 Å². The quantitative estimate of drug-likeness (QED) is 0.708. The van der Waals surface area contributed by atoms with Crippen molar-refractivity contribution in [3.8, 4) is 11.5 Å². The largest absolute Gasteiger partial charge is 0.508 e. The second-order valence-corrected chi connectivity index (χ2v) is 5.26. The topological polar surface area (TPSA) is 40.5 Å². The zero-order valence-corrected chi connectivity index (χ0v) is 12.2. The molecule has 0 radical (unpaired) electrons. The molecule has 0 aliphatic rings. The number of benzene rings is 2. The van der Waals surface area contributed by atoms with Crippen LogP contribution in [0.1, 0.15) is 36.8 Å². The number of unbranched alkanes of at least 4 members (excludes halogenated alkanes) is 3. The van der Waals surface area contributed by atoms with Gasteiger partial charge in [-0.1, -0.05) is 42.8 Å². The third-order valence-electron chi connectivity index (χ3n) is 3.48. The number of aryl methyl sites for hydroxylation is 1. The molecule has 0 aliphatic carbocycles. The van der Waals surface area contributed by atoms with Crippen molar-refractivity contribution in [3.05, 3.63) is 65.7 Å². The zero-order valence-electron chi connectivity index (χ0n) is 12.2. The summed E-state index contributed by atoms with van der Waals surface area (Å²) in [4.78, 5) is 0. The van der Waals surface area contributed by atoms with Crippen LogP contribution in [-0.2, 0) is 6.42 Å². The highest BCUT2D eigenvalue weighted by atomic mass is 16.3. The molecule has 0 saturated carbocycles. The molecule has 0 aromatic heterocycles. The van der Waals surface area contributed by atoms with Crippen LogP contribution in [0.5, 0.6) is 11.5 Å². The second-order valence-electron chi connectivity index (χ2n) is 5.26. The Morgan fingerprint density at radius 1 is 0.714 bits per heavy atom. The van der Waals surface area contributed by atoms with Crippen LogP contribution in [0.3, 0.4) is 0 Å². The lowest BCUT2D eigenvalue weighted by molar-refractivity contribution is 0.474. The van der Waals surface area contributed by atoms with Crippen molar-refractivity contribution >= 4 is 6.08 Å². The molecule has 0 aliphatic heterocycles. The molecule has 2 aromatic rings. The molecule has 0 unspecified atom stereocenters. The standard InChI is InChI=1S/C19H22O2/c20-18-12-8-16(9-13-18)6-4-2-1-3-5-7-17-10-14-19(21)15-11-17/h4,6,8-15,20-21H,1-3,5,7H2.